The van der Waals surface area contributed by atoms with Gasteiger partial charge in [0.15, 0.2) is 0 Å². The van der Waals surface area contributed by atoms with Crippen LogP contribution >= 0.6 is 0 Å². The van der Waals surface area contributed by atoms with Crippen LogP contribution < -0.4 is 0 Å². The molecule has 0 amide bonds. The van der Waals surface area contributed by atoms with E-state index in [9.17, 15) is 0 Å². The number of allylic oxidation sites excluding steroid dienone is 4. The van der Waals surface area contributed by atoms with Crippen molar-refractivity contribution >= 4 is 5.71 Å². The lowest BCUT2D eigenvalue weighted by Crippen LogP contribution is -2.06. The highest BCUT2D eigenvalue weighted by molar-refractivity contribution is 6.14. The first kappa shape index (κ1) is 14.2. The molecule has 1 aromatic rings. The molecule has 0 fully saturated rings. The van der Waals surface area contributed by atoms with Crippen molar-refractivity contribution < 1.29 is 0 Å². The molecular weight excluding hydrogens is 218 g/mol. The Morgan fingerprint density at radius 2 is 2.11 bits per heavy atom. The lowest BCUT2D eigenvalue weighted by molar-refractivity contribution is 1.12. The Kier molecular flexibility index (Phi) is 5.31. The number of benzene rings is 1. The van der Waals surface area contributed by atoms with E-state index in [0.29, 0.717) is 0 Å². The van der Waals surface area contributed by atoms with Crippen LogP contribution in [0.25, 0.3) is 0 Å². The molecule has 0 aromatic heterocycles. The molecule has 1 heteroatoms. The van der Waals surface area contributed by atoms with E-state index in [1.165, 1.54) is 16.7 Å². The molecule has 1 aromatic carbocycles. The highest BCUT2D eigenvalue weighted by Crippen LogP contribution is 2.17. The second kappa shape index (κ2) is 6.75. The van der Waals surface area contributed by atoms with Gasteiger partial charge in [0.2, 0.25) is 0 Å². The molecular formula is C17H21N. The summed E-state index contributed by atoms with van der Waals surface area (Å²) in [5.41, 5.74) is 5.62. The number of hydrogen-bond acceptors (Lipinski definition) is 1. The maximum absolute atomic E-state index is 4.38. The molecule has 0 atom stereocenters. The fourth-order valence-corrected chi connectivity index (χ4v) is 1.95. The van der Waals surface area contributed by atoms with Crippen molar-refractivity contribution in [2.75, 3.05) is 7.05 Å². The van der Waals surface area contributed by atoms with Crippen LogP contribution in [-0.2, 0) is 6.42 Å². The van der Waals surface area contributed by atoms with Gasteiger partial charge in [-0.25, -0.2) is 0 Å². The van der Waals surface area contributed by atoms with Gasteiger partial charge in [-0.1, -0.05) is 62.1 Å². The summed E-state index contributed by atoms with van der Waals surface area (Å²) in [5.74, 6) is 0. The minimum atomic E-state index is 0.913. The number of aliphatic imine (C=N–C) groups is 1. The summed E-state index contributed by atoms with van der Waals surface area (Å²) in [6.45, 7) is 12.0. The molecule has 0 spiro atoms. The smallest absolute Gasteiger partial charge is 0.0712 e. The van der Waals surface area contributed by atoms with E-state index in [4.69, 9.17) is 0 Å². The van der Waals surface area contributed by atoms with Crippen molar-refractivity contribution in [1.29, 1.82) is 0 Å². The van der Waals surface area contributed by atoms with E-state index in [2.05, 4.69) is 50.2 Å². The summed E-state index contributed by atoms with van der Waals surface area (Å²) in [7, 11) is 1.81. The molecule has 0 N–H and O–H groups in total. The minimum absolute atomic E-state index is 0.913. The van der Waals surface area contributed by atoms with E-state index in [1.807, 2.05) is 19.2 Å². The van der Waals surface area contributed by atoms with Gasteiger partial charge in [-0.2, -0.15) is 0 Å². The van der Waals surface area contributed by atoms with Gasteiger partial charge in [-0.05, 0) is 24.5 Å². The molecule has 0 aliphatic heterocycles. The summed E-state index contributed by atoms with van der Waals surface area (Å²) in [6.07, 6.45) is 6.56. The first-order chi connectivity index (χ1) is 8.63. The van der Waals surface area contributed by atoms with Crippen molar-refractivity contribution in [1.82, 2.24) is 0 Å². The summed E-state index contributed by atoms with van der Waals surface area (Å²) < 4.78 is 0. The Bertz CT molecular complexity index is 504. The van der Waals surface area contributed by atoms with Crippen LogP contribution in [0.3, 0.4) is 0 Å². The summed E-state index contributed by atoms with van der Waals surface area (Å²) in [5, 5.41) is 0. The maximum Gasteiger partial charge on any atom is 0.0712 e. The van der Waals surface area contributed by atoms with Gasteiger partial charge in [-0.3, -0.25) is 4.99 Å². The second-order valence-corrected chi connectivity index (χ2v) is 4.21. The molecule has 1 rings (SSSR count). The maximum atomic E-state index is 4.38. The zero-order valence-corrected chi connectivity index (χ0v) is 11.5. The van der Waals surface area contributed by atoms with Crippen LogP contribution in [0.5, 0.6) is 0 Å². The molecule has 1 nitrogen and oxygen atoms in total. The number of rotatable bonds is 5. The minimum Gasteiger partial charge on any atom is -0.287 e. The fourth-order valence-electron chi connectivity index (χ4n) is 1.95. The summed E-state index contributed by atoms with van der Waals surface area (Å²) >= 11 is 0. The Hall–Kier alpha value is -1.89. The average Bonchev–Trinajstić information content (AvgIpc) is 2.38. The third kappa shape index (κ3) is 3.30. The molecule has 0 saturated carbocycles. The van der Waals surface area contributed by atoms with Crippen molar-refractivity contribution in [3.8, 4) is 0 Å². The van der Waals surface area contributed by atoms with Crippen LogP contribution in [0.2, 0.25) is 0 Å². The fraction of sp³-hybridized carbons (Fsp3) is 0.235. The molecule has 0 aliphatic carbocycles. The molecule has 0 heterocycles. The highest BCUT2D eigenvalue weighted by Gasteiger charge is 2.09. The van der Waals surface area contributed by atoms with Gasteiger partial charge in [0.05, 0.1) is 5.71 Å². The topological polar surface area (TPSA) is 12.4 Å². The number of hydrogen-bond donors (Lipinski definition) is 0. The van der Waals surface area contributed by atoms with Gasteiger partial charge in [-0.15, -0.1) is 0 Å². The van der Waals surface area contributed by atoms with E-state index in [1.54, 1.807) is 6.08 Å². The molecule has 94 valence electrons. The zero-order valence-electron chi connectivity index (χ0n) is 11.5. The largest absolute Gasteiger partial charge is 0.287 e. The zero-order chi connectivity index (χ0) is 13.5. The number of nitrogens with zero attached hydrogens (tertiary/aromatic N) is 1. The number of aryl methyl sites for hydroxylation is 2. The molecule has 18 heavy (non-hydrogen) atoms. The first-order valence-corrected chi connectivity index (χ1v) is 6.19. The van der Waals surface area contributed by atoms with Gasteiger partial charge in [0.1, 0.15) is 0 Å². The van der Waals surface area contributed by atoms with Crippen molar-refractivity contribution in [2.24, 2.45) is 4.99 Å². The van der Waals surface area contributed by atoms with Crippen LogP contribution in [0, 0.1) is 6.92 Å². The summed E-state index contributed by atoms with van der Waals surface area (Å²) in [6, 6.07) is 6.46. The van der Waals surface area contributed by atoms with E-state index in [-0.39, 0.29) is 0 Å². The molecule has 0 bridgehead atoms. The van der Waals surface area contributed by atoms with Crippen molar-refractivity contribution in [3.63, 3.8) is 0 Å². The second-order valence-electron chi connectivity index (χ2n) is 4.21. The van der Waals surface area contributed by atoms with Crippen molar-refractivity contribution in [2.45, 2.75) is 20.3 Å². The average molecular weight is 239 g/mol. The van der Waals surface area contributed by atoms with Crippen LogP contribution in [-0.4, -0.2) is 12.8 Å². The normalized spacial score (nSPS) is 11.8. The Morgan fingerprint density at radius 3 is 2.67 bits per heavy atom. The molecule has 0 unspecified atom stereocenters. The standard InChI is InChI=1S/C17H21N/c1-6-8-9-14(4)17(18-5)16-11-10-13(3)12-15(16)7-2/h6,8-12H,1,4,7H2,2-3,5H3/b9-8-,18-17-. The Balaban J connectivity index is 3.22. The van der Waals surface area contributed by atoms with Gasteiger partial charge < -0.3 is 0 Å². The monoisotopic (exact) mass is 239 g/mol. The van der Waals surface area contributed by atoms with Gasteiger partial charge >= 0.3 is 0 Å². The van der Waals surface area contributed by atoms with Gasteiger partial charge in [0.25, 0.3) is 0 Å². The SMILES string of the molecule is C=C/C=C\C(=C)/C(=N/C)c1ccc(C)cc1CC. The predicted octanol–water partition coefficient (Wildman–Crippen LogP) is 4.27. The van der Waals surface area contributed by atoms with E-state index < -0.39 is 0 Å². The van der Waals surface area contributed by atoms with Crippen LogP contribution in [0.1, 0.15) is 23.6 Å². The quantitative estimate of drug-likeness (QED) is 0.537. The molecule has 0 aliphatic rings. The summed E-state index contributed by atoms with van der Waals surface area (Å²) in [4.78, 5) is 4.38. The lowest BCUT2D eigenvalue weighted by Gasteiger charge is -2.12. The third-order valence-electron chi connectivity index (χ3n) is 2.86. The molecule has 0 radical (unpaired) electrons. The molecule has 0 saturated heterocycles. The van der Waals surface area contributed by atoms with Crippen LogP contribution in [0.4, 0.5) is 0 Å². The Morgan fingerprint density at radius 1 is 1.39 bits per heavy atom. The van der Waals surface area contributed by atoms with E-state index >= 15 is 0 Å². The predicted molar refractivity (Wildman–Crippen MR) is 81.5 cm³/mol. The highest BCUT2D eigenvalue weighted by atomic mass is 14.7. The van der Waals surface area contributed by atoms with Crippen molar-refractivity contribution in [3.05, 3.63) is 71.8 Å². The Labute approximate surface area is 110 Å². The third-order valence-corrected chi connectivity index (χ3v) is 2.86. The lowest BCUT2D eigenvalue weighted by atomic mass is 9.95. The first-order valence-electron chi connectivity index (χ1n) is 6.19. The van der Waals surface area contributed by atoms with E-state index in [0.717, 1.165) is 17.7 Å². The van der Waals surface area contributed by atoms with Gasteiger partial charge in [0, 0.05) is 12.6 Å². The van der Waals surface area contributed by atoms with Crippen LogP contribution in [0.15, 0.2) is 60.2 Å².